The van der Waals surface area contributed by atoms with Gasteiger partial charge in [0.2, 0.25) is 5.91 Å². The number of urea groups is 1. The van der Waals surface area contributed by atoms with Gasteiger partial charge in [0, 0.05) is 19.2 Å². The Bertz CT molecular complexity index is 702. The van der Waals surface area contributed by atoms with E-state index in [2.05, 4.69) is 10.3 Å². The number of anilines is 1. The zero-order chi connectivity index (χ0) is 19.1. The number of nitrogens with zero attached hydrogens (tertiary/aromatic N) is 2. The van der Waals surface area contributed by atoms with Crippen LogP contribution >= 0.6 is 0 Å². The number of imide groups is 2. The fourth-order valence-corrected chi connectivity index (χ4v) is 2.57. The molecule has 140 valence electrons. The number of hydrogen-bond donors (Lipinski definition) is 2. The molecule has 1 atom stereocenters. The Morgan fingerprint density at radius 2 is 2.00 bits per heavy atom. The number of barbiturate groups is 1. The molecule has 0 aromatic heterocycles. The van der Waals surface area contributed by atoms with Crippen molar-refractivity contribution in [3.8, 4) is 5.75 Å². The smallest absolute Gasteiger partial charge is 0.335 e. The minimum absolute atomic E-state index is 0.305. The molecule has 0 saturated carbocycles. The number of hydrogen-bond acceptors (Lipinski definition) is 5. The molecule has 2 rings (SSSR count). The molecule has 1 aromatic carbocycles. The third kappa shape index (κ3) is 4.66. The zero-order valence-corrected chi connectivity index (χ0v) is 15.3. The van der Waals surface area contributed by atoms with Crippen molar-refractivity contribution in [3.63, 3.8) is 0 Å². The molecule has 1 heterocycles. The first kappa shape index (κ1) is 19.6. The van der Waals surface area contributed by atoms with Crippen molar-refractivity contribution in [1.29, 1.82) is 0 Å². The lowest BCUT2D eigenvalue weighted by atomic mass is 10.1. The highest BCUT2D eigenvalue weighted by atomic mass is 16.5. The number of nitrogens with one attached hydrogen (secondary N) is 2. The van der Waals surface area contributed by atoms with Gasteiger partial charge in [-0.1, -0.05) is 12.1 Å². The van der Waals surface area contributed by atoms with Gasteiger partial charge >= 0.3 is 6.03 Å². The van der Waals surface area contributed by atoms with E-state index < -0.39 is 23.8 Å². The number of carbonyl (C=O) groups is 3. The third-order valence-electron chi connectivity index (χ3n) is 3.83. The van der Waals surface area contributed by atoms with Crippen LogP contribution in [0.25, 0.3) is 0 Å². The van der Waals surface area contributed by atoms with Crippen molar-refractivity contribution >= 4 is 29.7 Å². The topological polar surface area (TPSA) is 92.5 Å². The molecule has 0 unspecified atom stereocenters. The maximum Gasteiger partial charge on any atom is 0.335 e. The minimum Gasteiger partial charge on any atom is -0.492 e. The molecule has 1 aromatic rings. The summed E-state index contributed by atoms with van der Waals surface area (Å²) in [6, 6.07) is 5.93. The lowest BCUT2D eigenvalue weighted by Gasteiger charge is -2.29. The highest BCUT2D eigenvalue weighted by Gasteiger charge is 2.41. The monoisotopic (exact) mass is 361 g/mol. The first-order valence-electron chi connectivity index (χ1n) is 8.65. The van der Waals surface area contributed by atoms with Crippen molar-refractivity contribution < 1.29 is 24.0 Å². The fourth-order valence-electron chi connectivity index (χ4n) is 2.57. The summed E-state index contributed by atoms with van der Waals surface area (Å²) < 4.78 is 5.49. The summed E-state index contributed by atoms with van der Waals surface area (Å²) >= 11 is 0. The highest BCUT2D eigenvalue weighted by molar-refractivity contribution is 6.32. The van der Waals surface area contributed by atoms with Crippen LogP contribution in [-0.2, 0) is 9.59 Å². The van der Waals surface area contributed by atoms with Gasteiger partial charge in [0.15, 0.2) is 5.92 Å². The molecule has 1 saturated heterocycles. The van der Waals surface area contributed by atoms with E-state index in [1.807, 2.05) is 21.0 Å². The number of quaternary nitrogens is 1. The van der Waals surface area contributed by atoms with E-state index in [9.17, 15) is 14.4 Å². The molecule has 2 N–H and O–H groups in total. The number of para-hydroxylation sites is 2. The van der Waals surface area contributed by atoms with E-state index in [-0.39, 0.29) is 0 Å². The molecule has 4 amide bonds. The second kappa shape index (κ2) is 9.10. The van der Waals surface area contributed by atoms with Crippen molar-refractivity contribution in [3.05, 3.63) is 24.3 Å². The second-order valence-corrected chi connectivity index (χ2v) is 6.21. The number of amides is 4. The molecule has 1 aliphatic heterocycles. The van der Waals surface area contributed by atoms with Crippen molar-refractivity contribution in [1.82, 2.24) is 5.32 Å². The van der Waals surface area contributed by atoms with E-state index in [0.717, 1.165) is 17.9 Å². The third-order valence-corrected chi connectivity index (χ3v) is 3.83. The summed E-state index contributed by atoms with van der Waals surface area (Å²) in [5.74, 6) is -2.02. The van der Waals surface area contributed by atoms with Crippen molar-refractivity contribution in [2.75, 3.05) is 38.7 Å². The lowest BCUT2D eigenvalue weighted by molar-refractivity contribution is -0.858. The predicted octanol–water partition coefficient (Wildman–Crippen LogP) is -0.110. The molecular weight excluding hydrogens is 336 g/mol. The van der Waals surface area contributed by atoms with Gasteiger partial charge in [-0.2, -0.15) is 0 Å². The molecule has 0 radical (unpaired) electrons. The second-order valence-electron chi connectivity index (χ2n) is 6.21. The SMILES string of the molecule is CCOc1ccccc1N1C(=O)NC(=O)[C@H](C=NCCC[NH+](C)C)C1=O. The predicted molar refractivity (Wildman–Crippen MR) is 97.8 cm³/mol. The Balaban J connectivity index is 2.18. The van der Waals surface area contributed by atoms with Crippen LogP contribution in [0.2, 0.25) is 0 Å². The van der Waals surface area contributed by atoms with Gasteiger partial charge in [0.05, 0.1) is 32.9 Å². The fraction of sp³-hybridized carbons (Fsp3) is 0.444. The van der Waals surface area contributed by atoms with Crippen LogP contribution in [-0.4, -0.2) is 57.9 Å². The zero-order valence-electron chi connectivity index (χ0n) is 15.3. The highest BCUT2D eigenvalue weighted by Crippen LogP contribution is 2.30. The van der Waals surface area contributed by atoms with Gasteiger partial charge in [-0.15, -0.1) is 0 Å². The molecule has 26 heavy (non-hydrogen) atoms. The van der Waals surface area contributed by atoms with Crippen LogP contribution in [0, 0.1) is 5.92 Å². The normalized spacial score (nSPS) is 17.9. The standard InChI is InChI=1S/C18H24N4O4/c1-4-26-15-9-6-5-8-14(15)22-17(24)13(16(23)20-18(22)25)12-19-10-7-11-21(2)3/h5-6,8-9,12-13H,4,7,10-11H2,1-3H3,(H,20,23,25)/p+1/t13-/m0/s1. The Morgan fingerprint density at radius 3 is 2.69 bits per heavy atom. The summed E-state index contributed by atoms with van der Waals surface area (Å²) in [6.45, 7) is 3.65. The van der Waals surface area contributed by atoms with E-state index >= 15 is 0 Å². The maximum absolute atomic E-state index is 12.8. The molecule has 0 spiro atoms. The molecule has 8 nitrogen and oxygen atoms in total. The van der Waals surface area contributed by atoms with Crippen molar-refractivity contribution in [2.24, 2.45) is 10.9 Å². The largest absolute Gasteiger partial charge is 0.492 e. The quantitative estimate of drug-likeness (QED) is 0.384. The summed E-state index contributed by atoms with van der Waals surface area (Å²) in [4.78, 5) is 43.5. The lowest BCUT2D eigenvalue weighted by Crippen LogP contribution is -3.05. The van der Waals surface area contributed by atoms with Gasteiger partial charge < -0.3 is 9.64 Å². The van der Waals surface area contributed by atoms with E-state index in [0.29, 0.717) is 24.6 Å². The van der Waals surface area contributed by atoms with E-state index in [1.165, 1.54) is 11.1 Å². The Kier molecular flexibility index (Phi) is 6.85. The molecule has 1 fully saturated rings. The van der Waals surface area contributed by atoms with Crippen LogP contribution < -0.4 is 19.9 Å². The number of aliphatic imine (C=N–C) groups is 1. The molecule has 0 bridgehead atoms. The van der Waals surface area contributed by atoms with Gasteiger partial charge in [0.25, 0.3) is 5.91 Å². The van der Waals surface area contributed by atoms with Crippen molar-refractivity contribution in [2.45, 2.75) is 13.3 Å². The van der Waals surface area contributed by atoms with Crippen LogP contribution in [0.4, 0.5) is 10.5 Å². The first-order chi connectivity index (χ1) is 12.5. The Hall–Kier alpha value is -2.74. The van der Waals surface area contributed by atoms with E-state index in [4.69, 9.17) is 4.74 Å². The van der Waals surface area contributed by atoms with E-state index in [1.54, 1.807) is 24.3 Å². The number of rotatable bonds is 8. The van der Waals surface area contributed by atoms with Crippen LogP contribution in [0.1, 0.15) is 13.3 Å². The summed E-state index contributed by atoms with van der Waals surface area (Å²) in [5, 5.41) is 2.21. The summed E-state index contributed by atoms with van der Waals surface area (Å²) in [7, 11) is 4.09. The van der Waals surface area contributed by atoms with Crippen LogP contribution in [0.3, 0.4) is 0 Å². The van der Waals surface area contributed by atoms with Gasteiger partial charge in [-0.25, -0.2) is 9.69 Å². The molecular formula is C18H25N4O4+. The molecule has 8 heteroatoms. The van der Waals surface area contributed by atoms with Crippen LogP contribution in [0.15, 0.2) is 29.3 Å². The number of ether oxygens (including phenoxy) is 1. The van der Waals surface area contributed by atoms with Crippen LogP contribution in [0.5, 0.6) is 5.75 Å². The van der Waals surface area contributed by atoms with Gasteiger partial charge in [-0.3, -0.25) is 19.9 Å². The maximum atomic E-state index is 12.8. The molecule has 0 aliphatic carbocycles. The Morgan fingerprint density at radius 1 is 1.27 bits per heavy atom. The first-order valence-corrected chi connectivity index (χ1v) is 8.65. The summed E-state index contributed by atoms with van der Waals surface area (Å²) in [6.07, 6.45) is 2.17. The summed E-state index contributed by atoms with van der Waals surface area (Å²) in [5.41, 5.74) is 0.305. The Labute approximate surface area is 152 Å². The van der Waals surface area contributed by atoms with Gasteiger partial charge in [0.1, 0.15) is 5.75 Å². The average Bonchev–Trinajstić information content (AvgIpc) is 2.58. The van der Waals surface area contributed by atoms with Gasteiger partial charge in [-0.05, 0) is 19.1 Å². The average molecular weight is 361 g/mol. The minimum atomic E-state index is -1.13. The number of carbonyl (C=O) groups excluding carboxylic acids is 3. The molecule has 1 aliphatic rings. The number of benzene rings is 1.